The van der Waals surface area contributed by atoms with E-state index in [2.05, 4.69) is 0 Å². The van der Waals surface area contributed by atoms with Gasteiger partial charge in [0.25, 0.3) is 11.7 Å². The maximum absolute atomic E-state index is 13.7. The molecule has 4 nitrogen and oxygen atoms in total. The molecule has 0 saturated carbocycles. The summed E-state index contributed by atoms with van der Waals surface area (Å²) in [6.45, 7) is 1.14. The van der Waals surface area contributed by atoms with Crippen molar-refractivity contribution in [2.45, 2.75) is 6.42 Å². The Kier molecular flexibility index (Phi) is 3.43. The van der Waals surface area contributed by atoms with E-state index in [4.69, 9.17) is 0 Å². The minimum Gasteiger partial charge on any atom is -0.309 e. The molecule has 0 aliphatic carbocycles. The highest BCUT2D eigenvalue weighted by molar-refractivity contribution is 6.52. The monoisotopic (exact) mass is 250 g/mol. The first-order valence-electron chi connectivity index (χ1n) is 5.82. The number of para-hydroxylation sites is 1. The van der Waals surface area contributed by atoms with E-state index in [9.17, 15) is 14.0 Å². The number of amides is 1. The fraction of sp³-hybridized carbons (Fsp3) is 0.385. The van der Waals surface area contributed by atoms with Crippen LogP contribution >= 0.6 is 0 Å². The number of carbonyl (C=O) groups is 2. The first kappa shape index (κ1) is 12.7. The third kappa shape index (κ3) is 2.13. The van der Waals surface area contributed by atoms with Crippen molar-refractivity contribution in [2.24, 2.45) is 0 Å². The van der Waals surface area contributed by atoms with Gasteiger partial charge >= 0.3 is 0 Å². The molecule has 0 atom stereocenters. The quantitative estimate of drug-likeness (QED) is 0.756. The van der Waals surface area contributed by atoms with Crippen molar-refractivity contribution in [3.05, 3.63) is 29.6 Å². The van der Waals surface area contributed by atoms with Crippen molar-refractivity contribution in [2.75, 3.05) is 32.1 Å². The zero-order valence-electron chi connectivity index (χ0n) is 10.4. The third-order valence-electron chi connectivity index (χ3n) is 2.93. The molecular weight excluding hydrogens is 235 g/mol. The maximum Gasteiger partial charge on any atom is 0.299 e. The molecule has 0 aromatic heterocycles. The number of ketones is 1. The van der Waals surface area contributed by atoms with Crippen LogP contribution in [0.5, 0.6) is 0 Å². The smallest absolute Gasteiger partial charge is 0.299 e. The molecule has 0 fully saturated rings. The van der Waals surface area contributed by atoms with Crippen LogP contribution in [0.15, 0.2) is 18.2 Å². The van der Waals surface area contributed by atoms with Gasteiger partial charge in [-0.05, 0) is 39.2 Å². The Hall–Kier alpha value is -1.75. The number of nitrogens with zero attached hydrogens (tertiary/aromatic N) is 2. The van der Waals surface area contributed by atoms with Crippen LogP contribution < -0.4 is 4.90 Å². The number of rotatable bonds is 4. The molecule has 0 bridgehead atoms. The van der Waals surface area contributed by atoms with Crippen LogP contribution in [0, 0.1) is 5.82 Å². The number of Topliss-reactive ketones (excluding diaryl/α,β-unsaturated/α-hetero) is 1. The zero-order valence-corrected chi connectivity index (χ0v) is 10.4. The van der Waals surface area contributed by atoms with Gasteiger partial charge in [-0.3, -0.25) is 9.59 Å². The second-order valence-electron chi connectivity index (χ2n) is 4.58. The predicted molar refractivity (Wildman–Crippen MR) is 66.3 cm³/mol. The average Bonchev–Trinajstić information content (AvgIpc) is 2.55. The number of benzene rings is 1. The molecule has 1 aromatic carbocycles. The molecular formula is C13H15FN2O2. The lowest BCUT2D eigenvalue weighted by atomic mass is 10.1. The van der Waals surface area contributed by atoms with Crippen molar-refractivity contribution in [1.29, 1.82) is 0 Å². The summed E-state index contributed by atoms with van der Waals surface area (Å²) in [6.07, 6.45) is 0.694. The van der Waals surface area contributed by atoms with E-state index in [1.54, 1.807) is 0 Å². The summed E-state index contributed by atoms with van der Waals surface area (Å²) in [4.78, 5) is 26.7. The first-order chi connectivity index (χ1) is 8.52. The Morgan fingerprint density at radius 3 is 2.67 bits per heavy atom. The van der Waals surface area contributed by atoms with Crippen molar-refractivity contribution in [3.63, 3.8) is 0 Å². The number of hydrogen-bond donors (Lipinski definition) is 0. The van der Waals surface area contributed by atoms with E-state index in [-0.39, 0.29) is 11.3 Å². The molecule has 1 heterocycles. The summed E-state index contributed by atoms with van der Waals surface area (Å²) >= 11 is 0. The van der Waals surface area contributed by atoms with E-state index in [1.807, 2.05) is 19.0 Å². The Morgan fingerprint density at radius 1 is 1.28 bits per heavy atom. The van der Waals surface area contributed by atoms with Crippen LogP contribution in [-0.2, 0) is 4.79 Å². The van der Waals surface area contributed by atoms with Crippen molar-refractivity contribution in [3.8, 4) is 0 Å². The average molecular weight is 250 g/mol. The van der Waals surface area contributed by atoms with Gasteiger partial charge in [-0.15, -0.1) is 0 Å². The number of carbonyl (C=O) groups excluding carboxylic acids is 2. The summed E-state index contributed by atoms with van der Waals surface area (Å²) < 4.78 is 13.7. The van der Waals surface area contributed by atoms with Gasteiger partial charge in [-0.2, -0.15) is 0 Å². The fourth-order valence-electron chi connectivity index (χ4n) is 2.07. The standard InChI is InChI=1S/C13H15FN2O2/c1-15(2)7-4-8-16-11-9(12(17)13(16)18)5-3-6-10(11)14/h3,5-6H,4,7-8H2,1-2H3. The molecule has 18 heavy (non-hydrogen) atoms. The van der Waals surface area contributed by atoms with Crippen molar-refractivity contribution >= 4 is 17.4 Å². The Labute approximate surface area is 105 Å². The van der Waals surface area contributed by atoms with Gasteiger partial charge in [0.05, 0.1) is 11.3 Å². The van der Waals surface area contributed by atoms with Gasteiger partial charge in [0.15, 0.2) is 0 Å². The second-order valence-corrected chi connectivity index (χ2v) is 4.58. The van der Waals surface area contributed by atoms with E-state index in [0.717, 1.165) is 6.54 Å². The normalized spacial score (nSPS) is 14.6. The number of fused-ring (bicyclic) bond motifs is 1. The minimum absolute atomic E-state index is 0.131. The van der Waals surface area contributed by atoms with Gasteiger partial charge in [-0.1, -0.05) is 6.07 Å². The third-order valence-corrected chi connectivity index (χ3v) is 2.93. The molecule has 0 saturated heterocycles. The van der Waals surface area contributed by atoms with Crippen molar-refractivity contribution < 1.29 is 14.0 Å². The van der Waals surface area contributed by atoms with Crippen LogP contribution in [0.1, 0.15) is 16.8 Å². The van der Waals surface area contributed by atoms with E-state index in [1.165, 1.54) is 23.1 Å². The van der Waals surface area contributed by atoms with Gasteiger partial charge in [-0.25, -0.2) is 4.39 Å². The van der Waals surface area contributed by atoms with Crippen LogP contribution in [0.4, 0.5) is 10.1 Å². The lowest BCUT2D eigenvalue weighted by molar-refractivity contribution is -0.114. The van der Waals surface area contributed by atoms with E-state index >= 15 is 0 Å². The number of hydrogen-bond acceptors (Lipinski definition) is 3. The van der Waals surface area contributed by atoms with Gasteiger partial charge in [0.2, 0.25) is 0 Å². The van der Waals surface area contributed by atoms with Gasteiger partial charge in [0.1, 0.15) is 5.82 Å². The minimum atomic E-state index is -0.631. The molecule has 2 rings (SSSR count). The summed E-state index contributed by atoms with van der Waals surface area (Å²) in [5.74, 6) is -1.76. The Morgan fingerprint density at radius 2 is 2.00 bits per heavy atom. The molecule has 0 unspecified atom stereocenters. The molecule has 1 aliphatic rings. The molecule has 1 aliphatic heterocycles. The van der Waals surface area contributed by atoms with Gasteiger partial charge in [0, 0.05) is 6.54 Å². The van der Waals surface area contributed by atoms with Gasteiger partial charge < -0.3 is 9.80 Å². The highest BCUT2D eigenvalue weighted by Crippen LogP contribution is 2.31. The SMILES string of the molecule is CN(C)CCCN1C(=O)C(=O)c2cccc(F)c21. The zero-order chi connectivity index (χ0) is 13.3. The Balaban J connectivity index is 2.23. The molecule has 1 amide bonds. The molecule has 1 aromatic rings. The van der Waals surface area contributed by atoms with E-state index in [0.29, 0.717) is 13.0 Å². The lowest BCUT2D eigenvalue weighted by Gasteiger charge is -2.18. The number of halogens is 1. The molecule has 5 heteroatoms. The fourth-order valence-corrected chi connectivity index (χ4v) is 2.07. The lowest BCUT2D eigenvalue weighted by Crippen LogP contribution is -2.32. The van der Waals surface area contributed by atoms with Crippen LogP contribution in [0.3, 0.4) is 0 Å². The Bertz CT molecular complexity index is 500. The first-order valence-corrected chi connectivity index (χ1v) is 5.82. The summed E-state index contributed by atoms with van der Waals surface area (Å²) in [5.41, 5.74) is 0.302. The number of anilines is 1. The maximum atomic E-state index is 13.7. The molecule has 0 radical (unpaired) electrons. The highest BCUT2D eigenvalue weighted by atomic mass is 19.1. The summed E-state index contributed by atoms with van der Waals surface area (Å²) in [5, 5.41) is 0. The predicted octanol–water partition coefficient (Wildman–Crippen LogP) is 1.31. The second kappa shape index (κ2) is 4.86. The summed E-state index contributed by atoms with van der Waals surface area (Å²) in [7, 11) is 3.84. The van der Waals surface area contributed by atoms with Crippen LogP contribution in [0.2, 0.25) is 0 Å². The van der Waals surface area contributed by atoms with Crippen LogP contribution in [0.25, 0.3) is 0 Å². The topological polar surface area (TPSA) is 40.6 Å². The summed E-state index contributed by atoms with van der Waals surface area (Å²) in [6, 6.07) is 4.21. The largest absolute Gasteiger partial charge is 0.309 e. The molecule has 0 N–H and O–H groups in total. The highest BCUT2D eigenvalue weighted by Gasteiger charge is 2.37. The van der Waals surface area contributed by atoms with E-state index < -0.39 is 17.5 Å². The van der Waals surface area contributed by atoms with Crippen molar-refractivity contribution in [1.82, 2.24) is 4.90 Å². The molecule has 0 spiro atoms. The van der Waals surface area contributed by atoms with Crippen LogP contribution in [-0.4, -0.2) is 43.8 Å². The molecule has 96 valence electrons.